The molecule has 0 saturated carbocycles. The molecule has 2 heterocycles. The number of carbonyl (C=O) groups excluding carboxylic acids is 1. The number of anilines is 1. The molecule has 1 atom stereocenters. The van der Waals surface area contributed by atoms with E-state index in [2.05, 4.69) is 15.5 Å². The lowest BCUT2D eigenvalue weighted by atomic mass is 9.87. The van der Waals surface area contributed by atoms with Gasteiger partial charge in [0.15, 0.2) is 17.3 Å². The normalized spacial score (nSPS) is 15.8. The van der Waals surface area contributed by atoms with Crippen molar-refractivity contribution < 1.29 is 27.4 Å². The van der Waals surface area contributed by atoms with E-state index < -0.39 is 11.7 Å². The van der Waals surface area contributed by atoms with E-state index in [-0.39, 0.29) is 30.4 Å². The van der Waals surface area contributed by atoms with E-state index in [1.807, 2.05) is 0 Å². The molecule has 0 saturated heterocycles. The van der Waals surface area contributed by atoms with Crippen LogP contribution in [0.3, 0.4) is 0 Å². The third-order valence-electron chi connectivity index (χ3n) is 5.55. The Morgan fingerprint density at radius 2 is 1.97 bits per heavy atom. The smallest absolute Gasteiger partial charge is 0.416 e. The second-order valence-corrected chi connectivity index (χ2v) is 7.54. The van der Waals surface area contributed by atoms with Crippen molar-refractivity contribution in [2.75, 3.05) is 12.4 Å². The van der Waals surface area contributed by atoms with Crippen LogP contribution in [-0.4, -0.2) is 23.2 Å². The van der Waals surface area contributed by atoms with Crippen LogP contribution in [0.5, 0.6) is 11.5 Å². The zero-order chi connectivity index (χ0) is 22.9. The number of alkyl halides is 3. The van der Waals surface area contributed by atoms with Crippen molar-refractivity contribution in [1.82, 2.24) is 10.2 Å². The molecule has 2 N–H and O–H groups in total. The van der Waals surface area contributed by atoms with E-state index in [1.54, 1.807) is 37.4 Å². The Morgan fingerprint density at radius 1 is 1.16 bits per heavy atom. The number of hydrogen-bond donors (Lipinski definition) is 2. The maximum absolute atomic E-state index is 13.5. The molecular formula is C23H22F3N3O3. The number of aromatic amines is 1. The molecule has 0 fully saturated rings. The van der Waals surface area contributed by atoms with Crippen LogP contribution in [0.4, 0.5) is 19.0 Å². The lowest BCUT2D eigenvalue weighted by Gasteiger charge is -2.23. The number of halogens is 3. The van der Waals surface area contributed by atoms with Gasteiger partial charge in [0.25, 0.3) is 0 Å². The van der Waals surface area contributed by atoms with Gasteiger partial charge in [-0.1, -0.05) is 25.1 Å². The van der Waals surface area contributed by atoms with E-state index in [4.69, 9.17) is 9.47 Å². The maximum atomic E-state index is 13.5. The first-order chi connectivity index (χ1) is 15.3. The minimum absolute atomic E-state index is 0.0489. The number of amides is 1. The Balaban J connectivity index is 1.59. The van der Waals surface area contributed by atoms with Crippen LogP contribution in [0.2, 0.25) is 0 Å². The molecule has 0 aliphatic carbocycles. The SMILES string of the molecule is CCc1ccc(COc2ccc(C3CC(=O)Nc4n[nH]cc43)cc2OC)c(C(F)(F)F)c1. The highest BCUT2D eigenvalue weighted by Crippen LogP contribution is 2.40. The van der Waals surface area contributed by atoms with Gasteiger partial charge in [0.1, 0.15) is 6.61 Å². The molecule has 0 spiro atoms. The van der Waals surface area contributed by atoms with Crippen LogP contribution in [0.1, 0.15) is 47.1 Å². The molecule has 2 aromatic carbocycles. The fourth-order valence-electron chi connectivity index (χ4n) is 3.85. The summed E-state index contributed by atoms with van der Waals surface area (Å²) in [4.78, 5) is 12.0. The number of fused-ring (bicyclic) bond motifs is 1. The fraction of sp³-hybridized carbons (Fsp3) is 0.304. The molecule has 1 amide bonds. The van der Waals surface area contributed by atoms with Crippen LogP contribution in [0.15, 0.2) is 42.6 Å². The number of aromatic nitrogens is 2. The number of benzene rings is 2. The first kappa shape index (κ1) is 21.7. The number of methoxy groups -OCH3 is 1. The van der Waals surface area contributed by atoms with Gasteiger partial charge in [0.05, 0.1) is 12.7 Å². The number of carbonyl (C=O) groups is 1. The third kappa shape index (κ3) is 4.28. The molecule has 3 aromatic rings. The summed E-state index contributed by atoms with van der Waals surface area (Å²) in [6.45, 7) is 1.55. The minimum Gasteiger partial charge on any atom is -0.493 e. The number of H-pyrrole nitrogens is 1. The van der Waals surface area contributed by atoms with Crippen LogP contribution >= 0.6 is 0 Å². The molecule has 0 bridgehead atoms. The average molecular weight is 445 g/mol. The van der Waals surface area contributed by atoms with Crippen molar-refractivity contribution in [3.8, 4) is 11.5 Å². The van der Waals surface area contributed by atoms with E-state index in [1.165, 1.54) is 13.2 Å². The second-order valence-electron chi connectivity index (χ2n) is 7.54. The van der Waals surface area contributed by atoms with Crippen LogP contribution in [-0.2, 0) is 24.0 Å². The van der Waals surface area contributed by atoms with Crippen molar-refractivity contribution in [1.29, 1.82) is 0 Å². The quantitative estimate of drug-likeness (QED) is 0.557. The standard InChI is InChI=1S/C23H22F3N3O3/c1-3-13-4-5-15(18(8-13)23(24,25)26)12-32-19-7-6-14(9-20(19)31-2)16-10-21(30)28-22-17(16)11-27-29-22/h4-9,11,16H,3,10,12H2,1-2H3,(H2,27,28,29,30). The highest BCUT2D eigenvalue weighted by Gasteiger charge is 2.34. The zero-order valence-electron chi connectivity index (χ0n) is 17.5. The van der Waals surface area contributed by atoms with Gasteiger partial charge < -0.3 is 14.8 Å². The van der Waals surface area contributed by atoms with Crippen LogP contribution in [0, 0.1) is 0 Å². The predicted molar refractivity (Wildman–Crippen MR) is 112 cm³/mol. The van der Waals surface area contributed by atoms with Gasteiger partial charge in [-0.3, -0.25) is 9.89 Å². The van der Waals surface area contributed by atoms with Crippen LogP contribution in [0.25, 0.3) is 0 Å². The highest BCUT2D eigenvalue weighted by molar-refractivity contribution is 5.94. The van der Waals surface area contributed by atoms with Crippen molar-refractivity contribution in [2.24, 2.45) is 0 Å². The lowest BCUT2D eigenvalue weighted by molar-refractivity contribution is -0.138. The van der Waals surface area contributed by atoms with E-state index >= 15 is 0 Å². The molecule has 1 aliphatic rings. The number of ether oxygens (including phenoxy) is 2. The summed E-state index contributed by atoms with van der Waals surface area (Å²) in [7, 11) is 1.46. The molecule has 32 heavy (non-hydrogen) atoms. The van der Waals surface area contributed by atoms with Gasteiger partial charge in [-0.15, -0.1) is 0 Å². The summed E-state index contributed by atoms with van der Waals surface area (Å²) in [5, 5.41) is 9.51. The molecule has 168 valence electrons. The highest BCUT2D eigenvalue weighted by atomic mass is 19.4. The second kappa shape index (κ2) is 8.57. The summed E-state index contributed by atoms with van der Waals surface area (Å²) < 4.78 is 51.6. The summed E-state index contributed by atoms with van der Waals surface area (Å²) in [5.74, 6) is 0.803. The number of hydrogen-bond acceptors (Lipinski definition) is 4. The summed E-state index contributed by atoms with van der Waals surface area (Å²) in [6.07, 6.45) is -1.98. The lowest BCUT2D eigenvalue weighted by Crippen LogP contribution is -2.23. The Morgan fingerprint density at radius 3 is 2.69 bits per heavy atom. The monoisotopic (exact) mass is 445 g/mol. The maximum Gasteiger partial charge on any atom is 0.416 e. The van der Waals surface area contributed by atoms with E-state index in [9.17, 15) is 18.0 Å². The molecule has 4 rings (SSSR count). The summed E-state index contributed by atoms with van der Waals surface area (Å²) in [5.41, 5.74) is 1.63. The predicted octanol–water partition coefficient (Wildman–Crippen LogP) is 5.05. The third-order valence-corrected chi connectivity index (χ3v) is 5.55. The van der Waals surface area contributed by atoms with Gasteiger partial charge in [0.2, 0.25) is 5.91 Å². The number of nitrogens with one attached hydrogen (secondary N) is 2. The Kier molecular flexibility index (Phi) is 5.82. The van der Waals surface area contributed by atoms with Crippen molar-refractivity contribution in [3.63, 3.8) is 0 Å². The minimum atomic E-state index is -4.47. The average Bonchev–Trinajstić information content (AvgIpc) is 3.24. The molecule has 9 heteroatoms. The summed E-state index contributed by atoms with van der Waals surface area (Å²) >= 11 is 0. The van der Waals surface area contributed by atoms with Gasteiger partial charge >= 0.3 is 6.18 Å². The molecule has 1 aromatic heterocycles. The Bertz CT molecular complexity index is 1140. The molecule has 1 unspecified atom stereocenters. The van der Waals surface area contributed by atoms with Gasteiger partial charge in [0, 0.05) is 29.7 Å². The first-order valence-corrected chi connectivity index (χ1v) is 10.1. The molecule has 6 nitrogen and oxygen atoms in total. The Labute approximate surface area is 182 Å². The van der Waals surface area contributed by atoms with Crippen molar-refractivity contribution in [2.45, 2.75) is 38.5 Å². The largest absolute Gasteiger partial charge is 0.493 e. The molecular weight excluding hydrogens is 423 g/mol. The molecule has 0 radical (unpaired) electrons. The fourth-order valence-corrected chi connectivity index (χ4v) is 3.85. The molecule has 1 aliphatic heterocycles. The van der Waals surface area contributed by atoms with Crippen molar-refractivity contribution >= 4 is 11.7 Å². The summed E-state index contributed by atoms with van der Waals surface area (Å²) in [6, 6.07) is 9.45. The zero-order valence-corrected chi connectivity index (χ0v) is 17.5. The van der Waals surface area contributed by atoms with Gasteiger partial charge in [-0.2, -0.15) is 18.3 Å². The topological polar surface area (TPSA) is 76.2 Å². The van der Waals surface area contributed by atoms with E-state index in [0.29, 0.717) is 29.3 Å². The van der Waals surface area contributed by atoms with Crippen molar-refractivity contribution in [3.05, 3.63) is 70.4 Å². The first-order valence-electron chi connectivity index (χ1n) is 10.1. The van der Waals surface area contributed by atoms with Gasteiger partial charge in [-0.05, 0) is 35.7 Å². The Hall–Kier alpha value is -3.49. The van der Waals surface area contributed by atoms with Gasteiger partial charge in [-0.25, -0.2) is 0 Å². The van der Waals surface area contributed by atoms with E-state index in [0.717, 1.165) is 17.2 Å². The number of nitrogens with zero attached hydrogens (tertiary/aromatic N) is 1. The van der Waals surface area contributed by atoms with Crippen LogP contribution < -0.4 is 14.8 Å². The number of aryl methyl sites for hydroxylation is 1. The number of rotatable bonds is 6.